The van der Waals surface area contributed by atoms with E-state index in [1.807, 2.05) is 0 Å². The fourth-order valence-electron chi connectivity index (χ4n) is 1.95. The van der Waals surface area contributed by atoms with Gasteiger partial charge in [0.1, 0.15) is 5.82 Å². The zero-order valence-corrected chi connectivity index (χ0v) is 10.9. The van der Waals surface area contributed by atoms with Crippen molar-refractivity contribution in [1.29, 1.82) is 0 Å². The summed E-state index contributed by atoms with van der Waals surface area (Å²) in [5.41, 5.74) is 0.0815. The first kappa shape index (κ1) is 12.5. The predicted octanol–water partition coefficient (Wildman–Crippen LogP) is 2.07. The van der Waals surface area contributed by atoms with Crippen LogP contribution in [-0.4, -0.2) is 25.0 Å². The Hall–Kier alpha value is -0.940. The third-order valence-corrected chi connectivity index (χ3v) is 3.48. The molecule has 92 valence electrons. The standard InChI is InChI=1S/C12H14BrFN2O/c13-9-4-1-5-10(14)11(9)12(17)16-8-3-2-6-15-7-8/h1,4-5,8,15H,2-3,6-7H2,(H,16,17)/t8-/m1/s1. The van der Waals surface area contributed by atoms with E-state index < -0.39 is 5.82 Å². The molecule has 1 saturated heterocycles. The first-order valence-electron chi connectivity index (χ1n) is 5.64. The summed E-state index contributed by atoms with van der Waals surface area (Å²) < 4.78 is 14.0. The quantitative estimate of drug-likeness (QED) is 0.878. The lowest BCUT2D eigenvalue weighted by Crippen LogP contribution is -2.45. The van der Waals surface area contributed by atoms with Gasteiger partial charge < -0.3 is 10.6 Å². The largest absolute Gasteiger partial charge is 0.348 e. The van der Waals surface area contributed by atoms with E-state index in [4.69, 9.17) is 0 Å². The van der Waals surface area contributed by atoms with Crippen LogP contribution in [0.4, 0.5) is 4.39 Å². The van der Waals surface area contributed by atoms with Gasteiger partial charge in [-0.15, -0.1) is 0 Å². The van der Waals surface area contributed by atoms with Crippen molar-refractivity contribution < 1.29 is 9.18 Å². The van der Waals surface area contributed by atoms with E-state index in [9.17, 15) is 9.18 Å². The predicted molar refractivity (Wildman–Crippen MR) is 67.5 cm³/mol. The van der Waals surface area contributed by atoms with Crippen LogP contribution in [0.1, 0.15) is 23.2 Å². The summed E-state index contributed by atoms with van der Waals surface area (Å²) in [6, 6.07) is 4.61. The number of carbonyl (C=O) groups is 1. The van der Waals surface area contributed by atoms with Gasteiger partial charge in [-0.1, -0.05) is 6.07 Å². The van der Waals surface area contributed by atoms with Gasteiger partial charge in [0.2, 0.25) is 0 Å². The maximum atomic E-state index is 13.5. The summed E-state index contributed by atoms with van der Waals surface area (Å²) >= 11 is 3.20. The van der Waals surface area contributed by atoms with Gasteiger partial charge in [0.25, 0.3) is 5.91 Å². The second kappa shape index (κ2) is 5.60. The molecule has 0 aliphatic carbocycles. The van der Waals surface area contributed by atoms with Crippen LogP contribution in [0.15, 0.2) is 22.7 Å². The van der Waals surface area contributed by atoms with Crippen LogP contribution in [0.2, 0.25) is 0 Å². The number of nitrogens with one attached hydrogen (secondary N) is 2. The van der Waals surface area contributed by atoms with E-state index in [1.165, 1.54) is 6.07 Å². The summed E-state index contributed by atoms with van der Waals surface area (Å²) in [6.07, 6.45) is 1.97. The third kappa shape index (κ3) is 3.04. The molecule has 1 fully saturated rings. The molecule has 0 unspecified atom stereocenters. The van der Waals surface area contributed by atoms with E-state index >= 15 is 0 Å². The van der Waals surface area contributed by atoms with Gasteiger partial charge in [0, 0.05) is 17.1 Å². The molecule has 3 nitrogen and oxygen atoms in total. The number of carbonyl (C=O) groups excluding carboxylic acids is 1. The van der Waals surface area contributed by atoms with E-state index in [2.05, 4.69) is 26.6 Å². The Labute approximate surface area is 108 Å². The molecule has 1 heterocycles. The number of piperidine rings is 1. The number of benzene rings is 1. The smallest absolute Gasteiger partial charge is 0.255 e. The first-order valence-corrected chi connectivity index (χ1v) is 6.43. The average Bonchev–Trinajstić information content (AvgIpc) is 2.30. The fraction of sp³-hybridized carbons (Fsp3) is 0.417. The van der Waals surface area contributed by atoms with Crippen LogP contribution in [-0.2, 0) is 0 Å². The molecule has 1 aromatic carbocycles. The molecule has 2 N–H and O–H groups in total. The lowest BCUT2D eigenvalue weighted by atomic mass is 10.1. The van der Waals surface area contributed by atoms with Crippen molar-refractivity contribution in [2.45, 2.75) is 18.9 Å². The molecule has 5 heteroatoms. The number of rotatable bonds is 2. The van der Waals surface area contributed by atoms with E-state index in [-0.39, 0.29) is 17.5 Å². The Morgan fingerprint density at radius 2 is 2.35 bits per heavy atom. The Morgan fingerprint density at radius 1 is 1.53 bits per heavy atom. The number of amides is 1. The van der Waals surface area contributed by atoms with Gasteiger partial charge in [0.05, 0.1) is 5.56 Å². The van der Waals surface area contributed by atoms with Crippen molar-refractivity contribution in [3.63, 3.8) is 0 Å². The van der Waals surface area contributed by atoms with Crippen molar-refractivity contribution in [2.75, 3.05) is 13.1 Å². The molecule has 1 aliphatic heterocycles. The second-order valence-corrected chi connectivity index (χ2v) is 4.97. The molecule has 1 aromatic rings. The van der Waals surface area contributed by atoms with Gasteiger partial charge >= 0.3 is 0 Å². The molecule has 1 aliphatic rings. The van der Waals surface area contributed by atoms with E-state index in [1.54, 1.807) is 12.1 Å². The summed E-state index contributed by atoms with van der Waals surface area (Å²) in [5.74, 6) is -0.857. The first-order chi connectivity index (χ1) is 8.18. The minimum atomic E-state index is -0.499. The van der Waals surface area contributed by atoms with Gasteiger partial charge in [-0.2, -0.15) is 0 Å². The molecule has 0 radical (unpaired) electrons. The fourth-order valence-corrected chi connectivity index (χ4v) is 2.47. The van der Waals surface area contributed by atoms with Crippen LogP contribution in [0.5, 0.6) is 0 Å². The molecule has 0 aromatic heterocycles. The van der Waals surface area contributed by atoms with E-state index in [0.29, 0.717) is 4.47 Å². The zero-order chi connectivity index (χ0) is 12.3. The number of hydrogen-bond acceptors (Lipinski definition) is 2. The van der Waals surface area contributed by atoms with Gasteiger partial charge in [0.15, 0.2) is 0 Å². The molecule has 0 spiro atoms. The highest BCUT2D eigenvalue weighted by Gasteiger charge is 2.20. The Bertz CT molecular complexity index is 399. The SMILES string of the molecule is O=C(N[C@@H]1CCCNC1)c1c(F)cccc1Br. The highest BCUT2D eigenvalue weighted by atomic mass is 79.9. The maximum absolute atomic E-state index is 13.5. The van der Waals surface area contributed by atoms with Crippen molar-refractivity contribution in [3.05, 3.63) is 34.1 Å². The number of halogens is 2. The van der Waals surface area contributed by atoms with Crippen molar-refractivity contribution in [1.82, 2.24) is 10.6 Å². The van der Waals surface area contributed by atoms with Gasteiger partial charge in [-0.25, -0.2) is 4.39 Å². The minimum absolute atomic E-state index is 0.0815. The van der Waals surface area contributed by atoms with Crippen LogP contribution < -0.4 is 10.6 Å². The zero-order valence-electron chi connectivity index (χ0n) is 9.30. The van der Waals surface area contributed by atoms with Crippen molar-refractivity contribution in [3.8, 4) is 0 Å². The highest BCUT2D eigenvalue weighted by molar-refractivity contribution is 9.10. The van der Waals surface area contributed by atoms with Crippen LogP contribution >= 0.6 is 15.9 Å². The van der Waals surface area contributed by atoms with Gasteiger partial charge in [-0.05, 0) is 47.4 Å². The summed E-state index contributed by atoms with van der Waals surface area (Å²) in [6.45, 7) is 1.73. The minimum Gasteiger partial charge on any atom is -0.348 e. The number of hydrogen-bond donors (Lipinski definition) is 2. The van der Waals surface area contributed by atoms with Crippen molar-refractivity contribution in [2.24, 2.45) is 0 Å². The topological polar surface area (TPSA) is 41.1 Å². The van der Waals surface area contributed by atoms with Crippen LogP contribution in [0.3, 0.4) is 0 Å². The third-order valence-electron chi connectivity index (χ3n) is 2.82. The normalized spacial score (nSPS) is 20.0. The summed E-state index contributed by atoms with van der Waals surface area (Å²) in [4.78, 5) is 11.9. The van der Waals surface area contributed by atoms with Crippen molar-refractivity contribution >= 4 is 21.8 Å². The molecule has 0 bridgehead atoms. The summed E-state index contributed by atoms with van der Waals surface area (Å²) in [5, 5.41) is 6.05. The molecule has 17 heavy (non-hydrogen) atoms. The summed E-state index contributed by atoms with van der Waals surface area (Å²) in [7, 11) is 0. The highest BCUT2D eigenvalue weighted by Crippen LogP contribution is 2.19. The molecule has 2 rings (SSSR count). The lowest BCUT2D eigenvalue weighted by Gasteiger charge is -2.24. The van der Waals surface area contributed by atoms with Crippen LogP contribution in [0.25, 0.3) is 0 Å². The molecular formula is C12H14BrFN2O. The second-order valence-electron chi connectivity index (χ2n) is 4.11. The molecule has 1 amide bonds. The van der Waals surface area contributed by atoms with Gasteiger partial charge in [-0.3, -0.25) is 4.79 Å². The van der Waals surface area contributed by atoms with Crippen LogP contribution in [0, 0.1) is 5.82 Å². The lowest BCUT2D eigenvalue weighted by molar-refractivity contribution is 0.0926. The van der Waals surface area contributed by atoms with E-state index in [0.717, 1.165) is 25.9 Å². The molecule has 1 atom stereocenters. The Balaban J connectivity index is 2.08. The Morgan fingerprint density at radius 3 is 3.00 bits per heavy atom. The maximum Gasteiger partial charge on any atom is 0.255 e. The molecular weight excluding hydrogens is 287 g/mol. The average molecular weight is 301 g/mol. The monoisotopic (exact) mass is 300 g/mol. The molecule has 0 saturated carbocycles. The Kier molecular flexibility index (Phi) is 4.12.